The zero-order valence-corrected chi connectivity index (χ0v) is 14.5. The molecule has 1 aromatic rings. The van der Waals surface area contributed by atoms with Gasteiger partial charge in [0.15, 0.2) is 0 Å². The first-order chi connectivity index (χ1) is 11.2. The third kappa shape index (κ3) is 6.97. The number of hydrogen-bond acceptors (Lipinski definition) is 4. The third-order valence-electron chi connectivity index (χ3n) is 3.22. The molecule has 0 saturated carbocycles. The predicted octanol–water partition coefficient (Wildman–Crippen LogP) is 1.75. The Balaban J connectivity index is 2.65. The number of benzene rings is 1. The molecule has 0 aromatic heterocycles. The molecule has 24 heavy (non-hydrogen) atoms. The number of sulfonamides is 1. The Morgan fingerprint density at radius 1 is 1.29 bits per heavy atom. The van der Waals surface area contributed by atoms with Crippen molar-refractivity contribution in [3.05, 3.63) is 24.3 Å². The Morgan fingerprint density at radius 3 is 2.62 bits per heavy atom. The molecule has 8 nitrogen and oxygen atoms in total. The summed E-state index contributed by atoms with van der Waals surface area (Å²) < 4.78 is 27.0. The number of rotatable bonds is 9. The monoisotopic (exact) mass is 357 g/mol. The van der Waals surface area contributed by atoms with Crippen molar-refractivity contribution in [2.75, 3.05) is 11.9 Å². The van der Waals surface area contributed by atoms with Crippen molar-refractivity contribution < 1.29 is 23.1 Å². The van der Waals surface area contributed by atoms with E-state index in [0.717, 1.165) is 0 Å². The van der Waals surface area contributed by atoms with E-state index in [1.54, 1.807) is 13.0 Å². The quantitative estimate of drug-likeness (QED) is 0.501. The molecule has 2 amide bonds. The molecule has 0 spiro atoms. The lowest BCUT2D eigenvalue weighted by Crippen LogP contribution is -2.32. The van der Waals surface area contributed by atoms with Crippen LogP contribution in [0.15, 0.2) is 29.2 Å². The molecule has 4 N–H and O–H groups in total. The molecular weight excluding hydrogens is 334 g/mol. The lowest BCUT2D eigenvalue weighted by atomic mass is 10.3. The van der Waals surface area contributed by atoms with E-state index in [4.69, 9.17) is 5.11 Å². The van der Waals surface area contributed by atoms with Gasteiger partial charge in [0.05, 0.1) is 4.90 Å². The van der Waals surface area contributed by atoms with Crippen LogP contribution in [0.25, 0.3) is 0 Å². The topological polar surface area (TPSA) is 125 Å². The molecule has 0 fully saturated rings. The van der Waals surface area contributed by atoms with Crippen molar-refractivity contribution in [1.82, 2.24) is 10.0 Å². The Kier molecular flexibility index (Phi) is 7.66. The average Bonchev–Trinajstić information content (AvgIpc) is 2.51. The van der Waals surface area contributed by atoms with Crippen LogP contribution in [0.2, 0.25) is 0 Å². The number of anilines is 1. The first kappa shape index (κ1) is 19.9. The molecule has 0 saturated heterocycles. The van der Waals surface area contributed by atoms with Crippen LogP contribution in [0.3, 0.4) is 0 Å². The Bertz CT molecular complexity index is 675. The van der Waals surface area contributed by atoms with Crippen molar-refractivity contribution in [2.24, 2.45) is 0 Å². The first-order valence-electron chi connectivity index (χ1n) is 7.63. The lowest BCUT2D eigenvalue weighted by molar-refractivity contribution is -0.137. The minimum atomic E-state index is -3.65. The Labute approximate surface area is 141 Å². The number of carboxylic acids is 1. The molecule has 0 aliphatic heterocycles. The number of amides is 2. The number of nitrogens with one attached hydrogen (secondary N) is 3. The fourth-order valence-corrected chi connectivity index (χ4v) is 3.15. The normalized spacial score (nSPS) is 12.4. The molecule has 1 unspecified atom stereocenters. The summed E-state index contributed by atoms with van der Waals surface area (Å²) in [4.78, 5) is 22.1. The van der Waals surface area contributed by atoms with Gasteiger partial charge in [0.2, 0.25) is 10.0 Å². The SMILES string of the molecule is CCC(C)NS(=O)(=O)c1cccc(NC(=O)NCCCC(=O)O)c1. The van der Waals surface area contributed by atoms with Gasteiger partial charge in [-0.25, -0.2) is 17.9 Å². The summed E-state index contributed by atoms with van der Waals surface area (Å²) in [5.41, 5.74) is 0.331. The molecule has 0 heterocycles. The van der Waals surface area contributed by atoms with E-state index in [9.17, 15) is 18.0 Å². The summed E-state index contributed by atoms with van der Waals surface area (Å²) in [6.45, 7) is 3.86. The van der Waals surface area contributed by atoms with Gasteiger partial charge in [-0.2, -0.15) is 0 Å². The van der Waals surface area contributed by atoms with Gasteiger partial charge in [-0.05, 0) is 38.0 Å². The highest BCUT2D eigenvalue weighted by atomic mass is 32.2. The highest BCUT2D eigenvalue weighted by Gasteiger charge is 2.17. The molecule has 0 bridgehead atoms. The minimum absolute atomic E-state index is 0.0324. The van der Waals surface area contributed by atoms with E-state index in [1.165, 1.54) is 18.2 Å². The van der Waals surface area contributed by atoms with Gasteiger partial charge in [-0.15, -0.1) is 0 Å². The summed E-state index contributed by atoms with van der Waals surface area (Å²) in [6, 6.07) is 5.20. The van der Waals surface area contributed by atoms with Crippen LogP contribution >= 0.6 is 0 Å². The van der Waals surface area contributed by atoms with Crippen molar-refractivity contribution >= 4 is 27.7 Å². The first-order valence-corrected chi connectivity index (χ1v) is 9.12. The second-order valence-electron chi connectivity index (χ2n) is 5.34. The molecule has 0 aliphatic rings. The van der Waals surface area contributed by atoms with E-state index in [0.29, 0.717) is 18.5 Å². The number of urea groups is 1. The van der Waals surface area contributed by atoms with Gasteiger partial charge < -0.3 is 15.7 Å². The van der Waals surface area contributed by atoms with Gasteiger partial charge in [0.25, 0.3) is 0 Å². The van der Waals surface area contributed by atoms with Gasteiger partial charge in [0, 0.05) is 24.7 Å². The maximum Gasteiger partial charge on any atom is 0.319 e. The number of hydrogen-bond donors (Lipinski definition) is 4. The molecule has 0 aliphatic carbocycles. The maximum absolute atomic E-state index is 12.2. The van der Waals surface area contributed by atoms with E-state index in [-0.39, 0.29) is 23.9 Å². The Morgan fingerprint density at radius 2 is 2.00 bits per heavy atom. The summed E-state index contributed by atoms with van der Waals surface area (Å²) >= 11 is 0. The van der Waals surface area contributed by atoms with Gasteiger partial charge >= 0.3 is 12.0 Å². The van der Waals surface area contributed by atoms with Crippen LogP contribution in [0, 0.1) is 0 Å². The third-order valence-corrected chi connectivity index (χ3v) is 4.81. The summed E-state index contributed by atoms with van der Waals surface area (Å²) in [6.07, 6.45) is 0.946. The average molecular weight is 357 g/mol. The van der Waals surface area contributed by atoms with Crippen LogP contribution in [-0.4, -0.2) is 38.1 Å². The van der Waals surface area contributed by atoms with Crippen molar-refractivity contribution in [3.63, 3.8) is 0 Å². The van der Waals surface area contributed by atoms with Crippen molar-refractivity contribution in [1.29, 1.82) is 0 Å². The Hall–Kier alpha value is -2.13. The highest BCUT2D eigenvalue weighted by Crippen LogP contribution is 2.16. The minimum Gasteiger partial charge on any atom is -0.481 e. The molecule has 9 heteroatoms. The lowest BCUT2D eigenvalue weighted by Gasteiger charge is -2.13. The maximum atomic E-state index is 12.2. The second-order valence-corrected chi connectivity index (χ2v) is 7.05. The summed E-state index contributed by atoms with van der Waals surface area (Å²) in [5, 5.41) is 13.5. The van der Waals surface area contributed by atoms with Crippen LogP contribution < -0.4 is 15.4 Å². The number of carbonyl (C=O) groups excluding carboxylic acids is 1. The molecule has 0 radical (unpaired) electrons. The number of aliphatic carboxylic acids is 1. The van der Waals surface area contributed by atoms with Crippen LogP contribution in [-0.2, 0) is 14.8 Å². The standard InChI is InChI=1S/C15H23N3O5S/c1-3-11(2)18-24(22,23)13-7-4-6-12(10-13)17-15(21)16-9-5-8-14(19)20/h4,6-7,10-11,18H,3,5,8-9H2,1-2H3,(H,19,20)(H2,16,17,21). The summed E-state index contributed by atoms with van der Waals surface area (Å²) in [7, 11) is -3.65. The van der Waals surface area contributed by atoms with Crippen LogP contribution in [0.4, 0.5) is 10.5 Å². The largest absolute Gasteiger partial charge is 0.481 e. The molecule has 1 rings (SSSR count). The van der Waals surface area contributed by atoms with Crippen LogP contribution in [0.1, 0.15) is 33.1 Å². The summed E-state index contributed by atoms with van der Waals surface area (Å²) in [5.74, 6) is -0.927. The number of carboxylic acid groups (broad SMARTS) is 1. The van der Waals surface area contributed by atoms with Crippen LogP contribution in [0.5, 0.6) is 0 Å². The zero-order chi connectivity index (χ0) is 18.2. The van der Waals surface area contributed by atoms with Crippen molar-refractivity contribution in [3.8, 4) is 0 Å². The van der Waals surface area contributed by atoms with Gasteiger partial charge in [-0.1, -0.05) is 13.0 Å². The van der Waals surface area contributed by atoms with E-state index < -0.39 is 22.0 Å². The molecule has 1 aromatic carbocycles. The van der Waals surface area contributed by atoms with E-state index in [2.05, 4.69) is 15.4 Å². The molecular formula is C15H23N3O5S. The highest BCUT2D eigenvalue weighted by molar-refractivity contribution is 7.89. The fourth-order valence-electron chi connectivity index (χ4n) is 1.77. The zero-order valence-electron chi connectivity index (χ0n) is 13.7. The predicted molar refractivity (Wildman–Crippen MR) is 90.4 cm³/mol. The van der Waals surface area contributed by atoms with E-state index in [1.807, 2.05) is 6.92 Å². The second kappa shape index (κ2) is 9.24. The van der Waals surface area contributed by atoms with E-state index >= 15 is 0 Å². The smallest absolute Gasteiger partial charge is 0.319 e. The van der Waals surface area contributed by atoms with Gasteiger partial charge in [-0.3, -0.25) is 4.79 Å². The molecule has 134 valence electrons. The van der Waals surface area contributed by atoms with Crippen molar-refractivity contribution in [2.45, 2.75) is 44.0 Å². The number of carbonyl (C=O) groups is 2. The molecule has 1 atom stereocenters. The fraction of sp³-hybridized carbons (Fsp3) is 0.467. The van der Waals surface area contributed by atoms with Gasteiger partial charge in [0.1, 0.15) is 0 Å².